The number of aliphatic hydroxyl groups excluding tert-OH is 1. The summed E-state index contributed by atoms with van der Waals surface area (Å²) < 4.78 is 64.0. The lowest BCUT2D eigenvalue weighted by Crippen LogP contribution is -2.05. The molecule has 0 aliphatic carbocycles. The Balaban J connectivity index is 3.35. The van der Waals surface area contributed by atoms with Crippen molar-refractivity contribution in [2.75, 3.05) is 6.61 Å². The van der Waals surface area contributed by atoms with Crippen molar-refractivity contribution in [1.29, 1.82) is 0 Å². The highest BCUT2D eigenvalue weighted by Gasteiger charge is 2.24. The zero-order valence-corrected chi connectivity index (χ0v) is 8.11. The normalized spacial score (nSPS) is 11.2. The molecule has 0 fully saturated rings. The van der Waals surface area contributed by atoms with Gasteiger partial charge in [0.15, 0.2) is 29.1 Å². The first-order valence-electron chi connectivity index (χ1n) is 4.23. The van der Waals surface area contributed by atoms with Gasteiger partial charge in [-0.25, -0.2) is 22.0 Å². The number of halogens is 5. The second kappa shape index (κ2) is 5.05. The summed E-state index contributed by atoms with van der Waals surface area (Å²) in [5, 5.41) is 8.31. The lowest BCUT2D eigenvalue weighted by molar-refractivity contribution is -0.117. The Morgan fingerprint density at radius 2 is 1.35 bits per heavy atom. The van der Waals surface area contributed by atoms with Gasteiger partial charge in [-0.05, 0) is 12.2 Å². The Hall–Kier alpha value is -1.76. The minimum Gasteiger partial charge on any atom is -0.388 e. The van der Waals surface area contributed by atoms with Crippen LogP contribution in [0, 0.1) is 29.1 Å². The molecule has 0 atom stereocenters. The molecule has 1 aromatic rings. The van der Waals surface area contributed by atoms with Crippen molar-refractivity contribution in [3.05, 3.63) is 40.7 Å². The van der Waals surface area contributed by atoms with Gasteiger partial charge in [0.05, 0.1) is 5.56 Å². The summed E-state index contributed by atoms with van der Waals surface area (Å²) in [6.07, 6.45) is 0.924. The molecule has 1 N–H and O–H groups in total. The average Bonchev–Trinajstić information content (AvgIpc) is 2.33. The maximum absolute atomic E-state index is 13.0. The number of hydrogen-bond donors (Lipinski definition) is 1. The van der Waals surface area contributed by atoms with Crippen LogP contribution in [0.2, 0.25) is 0 Å². The number of rotatable bonds is 3. The quantitative estimate of drug-likeness (QED) is 0.386. The number of carbonyl (C=O) groups excluding carboxylic acids is 1. The molecule has 17 heavy (non-hydrogen) atoms. The maximum Gasteiger partial charge on any atom is 0.200 e. The molecule has 0 aromatic heterocycles. The van der Waals surface area contributed by atoms with E-state index < -0.39 is 47.0 Å². The SMILES string of the molecule is O=C(/C=C/c1c(F)c(F)c(F)c(F)c1F)CO. The molecule has 2 nitrogen and oxygen atoms in total. The number of carbonyl (C=O) groups is 1. The maximum atomic E-state index is 13.0. The van der Waals surface area contributed by atoms with Gasteiger partial charge in [0, 0.05) is 0 Å². The van der Waals surface area contributed by atoms with Crippen LogP contribution < -0.4 is 0 Å². The van der Waals surface area contributed by atoms with E-state index in [1.165, 1.54) is 0 Å². The van der Waals surface area contributed by atoms with Gasteiger partial charge in [0.1, 0.15) is 6.61 Å². The predicted octanol–water partition coefficient (Wildman–Crippen LogP) is 1.96. The van der Waals surface area contributed by atoms with Crippen molar-refractivity contribution < 1.29 is 31.9 Å². The van der Waals surface area contributed by atoms with Crippen molar-refractivity contribution in [2.45, 2.75) is 0 Å². The molecule has 0 saturated heterocycles. The average molecular weight is 252 g/mol. The second-order valence-electron chi connectivity index (χ2n) is 2.94. The molecule has 0 spiro atoms. The lowest BCUT2D eigenvalue weighted by atomic mass is 10.1. The fourth-order valence-electron chi connectivity index (χ4n) is 0.997. The Morgan fingerprint density at radius 3 is 1.76 bits per heavy atom. The molecule has 0 unspecified atom stereocenters. The molecule has 1 aromatic carbocycles. The highest BCUT2D eigenvalue weighted by Crippen LogP contribution is 2.23. The summed E-state index contributed by atoms with van der Waals surface area (Å²) in [6, 6.07) is 0. The van der Waals surface area contributed by atoms with E-state index in [-0.39, 0.29) is 0 Å². The minimum absolute atomic E-state index is 0.412. The van der Waals surface area contributed by atoms with E-state index in [1.54, 1.807) is 0 Å². The van der Waals surface area contributed by atoms with Crippen LogP contribution in [0.25, 0.3) is 6.08 Å². The van der Waals surface area contributed by atoms with Crippen LogP contribution >= 0.6 is 0 Å². The smallest absolute Gasteiger partial charge is 0.200 e. The first kappa shape index (κ1) is 13.3. The van der Waals surface area contributed by atoms with Gasteiger partial charge in [-0.15, -0.1) is 0 Å². The summed E-state index contributed by atoms with van der Waals surface area (Å²) in [6.45, 7) is -0.939. The molecule has 0 aliphatic rings. The molecule has 7 heteroatoms. The zero-order chi connectivity index (χ0) is 13.2. The van der Waals surface area contributed by atoms with Gasteiger partial charge in [-0.3, -0.25) is 4.79 Å². The van der Waals surface area contributed by atoms with Crippen molar-refractivity contribution in [3.8, 4) is 0 Å². The molecular weight excluding hydrogens is 247 g/mol. The number of aliphatic hydroxyl groups is 1. The van der Waals surface area contributed by atoms with Crippen LogP contribution in [0.15, 0.2) is 6.08 Å². The molecule has 0 amide bonds. The van der Waals surface area contributed by atoms with Gasteiger partial charge in [-0.2, -0.15) is 0 Å². The van der Waals surface area contributed by atoms with E-state index in [0.29, 0.717) is 12.2 Å². The first-order valence-corrected chi connectivity index (χ1v) is 4.23. The Morgan fingerprint density at radius 1 is 0.941 bits per heavy atom. The van der Waals surface area contributed by atoms with Crippen LogP contribution in [-0.2, 0) is 4.79 Å². The molecule has 0 radical (unpaired) electrons. The molecule has 0 heterocycles. The first-order chi connectivity index (χ1) is 7.90. The van der Waals surface area contributed by atoms with E-state index >= 15 is 0 Å². The largest absolute Gasteiger partial charge is 0.388 e. The summed E-state index contributed by atoms with van der Waals surface area (Å²) in [5.74, 6) is -11.5. The highest BCUT2D eigenvalue weighted by atomic mass is 19.2. The van der Waals surface area contributed by atoms with E-state index in [9.17, 15) is 26.7 Å². The second-order valence-corrected chi connectivity index (χ2v) is 2.94. The minimum atomic E-state index is -2.27. The number of hydrogen-bond acceptors (Lipinski definition) is 2. The Labute approximate surface area is 92.0 Å². The van der Waals surface area contributed by atoms with Gasteiger partial charge in [0.25, 0.3) is 0 Å². The molecule has 92 valence electrons. The molecule has 0 bridgehead atoms. The Kier molecular flexibility index (Phi) is 3.95. The van der Waals surface area contributed by atoms with Gasteiger partial charge in [0.2, 0.25) is 5.82 Å². The third-order valence-corrected chi connectivity index (χ3v) is 1.84. The number of ketones is 1. The molecule has 1 rings (SSSR count). The topological polar surface area (TPSA) is 37.3 Å². The monoisotopic (exact) mass is 252 g/mol. The van der Waals surface area contributed by atoms with Crippen LogP contribution in [0.3, 0.4) is 0 Å². The fourth-order valence-corrected chi connectivity index (χ4v) is 0.997. The van der Waals surface area contributed by atoms with Gasteiger partial charge in [-0.1, -0.05) is 0 Å². The van der Waals surface area contributed by atoms with E-state index in [2.05, 4.69) is 0 Å². The van der Waals surface area contributed by atoms with E-state index in [4.69, 9.17) is 5.11 Å². The third-order valence-electron chi connectivity index (χ3n) is 1.84. The number of benzene rings is 1. The third kappa shape index (κ3) is 2.50. The zero-order valence-electron chi connectivity index (χ0n) is 8.11. The molecule has 0 aliphatic heterocycles. The van der Waals surface area contributed by atoms with Crippen molar-refractivity contribution in [3.63, 3.8) is 0 Å². The van der Waals surface area contributed by atoms with Crippen molar-refractivity contribution >= 4 is 11.9 Å². The van der Waals surface area contributed by atoms with Crippen molar-refractivity contribution in [1.82, 2.24) is 0 Å². The Bertz CT molecular complexity index is 467. The van der Waals surface area contributed by atoms with Crippen molar-refractivity contribution in [2.24, 2.45) is 0 Å². The van der Waals surface area contributed by atoms with E-state index in [0.717, 1.165) is 0 Å². The van der Waals surface area contributed by atoms with Crippen LogP contribution in [0.4, 0.5) is 22.0 Å². The van der Waals surface area contributed by atoms with Gasteiger partial charge >= 0.3 is 0 Å². The van der Waals surface area contributed by atoms with Crippen LogP contribution in [0.5, 0.6) is 0 Å². The predicted molar refractivity (Wildman–Crippen MR) is 47.4 cm³/mol. The van der Waals surface area contributed by atoms with Crippen LogP contribution in [0.1, 0.15) is 5.56 Å². The highest BCUT2D eigenvalue weighted by molar-refractivity contribution is 5.94. The standard InChI is InChI=1S/C10H5F5O2/c11-6-5(2-1-4(17)3-16)7(12)9(14)10(15)8(6)13/h1-2,16H,3H2/b2-1+. The van der Waals surface area contributed by atoms with E-state index in [1.807, 2.05) is 0 Å². The molecular formula is C10H5F5O2. The van der Waals surface area contributed by atoms with Crippen LogP contribution in [-0.4, -0.2) is 17.5 Å². The summed E-state index contributed by atoms with van der Waals surface area (Å²) in [4.78, 5) is 10.6. The fraction of sp³-hybridized carbons (Fsp3) is 0.100. The summed E-state index contributed by atoms with van der Waals surface area (Å²) in [5.41, 5.74) is -1.23. The summed E-state index contributed by atoms with van der Waals surface area (Å²) >= 11 is 0. The van der Waals surface area contributed by atoms with Gasteiger partial charge < -0.3 is 5.11 Å². The lowest BCUT2D eigenvalue weighted by Gasteiger charge is -2.03. The molecule has 0 saturated carbocycles. The summed E-state index contributed by atoms with van der Waals surface area (Å²) in [7, 11) is 0.